The van der Waals surface area contributed by atoms with Gasteiger partial charge in [-0.3, -0.25) is 4.99 Å². The van der Waals surface area contributed by atoms with E-state index < -0.39 is 5.97 Å². The molecule has 0 atom stereocenters. The number of allylic oxidation sites excluding steroid dienone is 2. The average molecular weight is 336 g/mol. The SMILES string of the molecule is CC1=NCCCC(C)=C1CCCOc1cc(C(=O)O)ccc1Cl. The molecule has 0 saturated heterocycles. The second-order valence-electron chi connectivity index (χ2n) is 5.73. The van der Waals surface area contributed by atoms with E-state index in [1.54, 1.807) is 6.07 Å². The molecule has 23 heavy (non-hydrogen) atoms. The summed E-state index contributed by atoms with van der Waals surface area (Å²) in [5, 5.41) is 9.44. The zero-order valence-corrected chi connectivity index (χ0v) is 14.3. The summed E-state index contributed by atoms with van der Waals surface area (Å²) in [4.78, 5) is 15.6. The fraction of sp³-hybridized carbons (Fsp3) is 0.444. The van der Waals surface area contributed by atoms with Gasteiger partial charge in [-0.05, 0) is 63.3 Å². The Morgan fingerprint density at radius 2 is 2.17 bits per heavy atom. The van der Waals surface area contributed by atoms with Gasteiger partial charge in [0.25, 0.3) is 0 Å². The molecule has 0 aliphatic carbocycles. The van der Waals surface area contributed by atoms with E-state index in [-0.39, 0.29) is 5.56 Å². The smallest absolute Gasteiger partial charge is 0.335 e. The molecule has 0 bridgehead atoms. The first-order chi connectivity index (χ1) is 11.0. The van der Waals surface area contributed by atoms with Crippen LogP contribution < -0.4 is 4.74 Å². The van der Waals surface area contributed by atoms with Crippen molar-refractivity contribution < 1.29 is 14.6 Å². The quantitative estimate of drug-likeness (QED) is 0.762. The molecule has 2 rings (SSSR count). The van der Waals surface area contributed by atoms with Crippen LogP contribution in [0.25, 0.3) is 0 Å². The number of aliphatic imine (C=N–C) groups is 1. The summed E-state index contributed by atoms with van der Waals surface area (Å²) in [6, 6.07) is 4.49. The standard InChI is InChI=1S/C18H22ClNO3/c1-12-5-3-9-20-13(2)15(12)6-4-10-23-17-11-14(18(21)22)7-8-16(17)19/h7-8,11H,3-6,9-10H2,1-2H3,(H,21,22). The van der Waals surface area contributed by atoms with Crippen molar-refractivity contribution in [2.45, 2.75) is 39.5 Å². The lowest BCUT2D eigenvalue weighted by molar-refractivity contribution is 0.0696. The Morgan fingerprint density at radius 1 is 1.39 bits per heavy atom. The number of hydrogen-bond acceptors (Lipinski definition) is 3. The highest BCUT2D eigenvalue weighted by Gasteiger charge is 2.11. The van der Waals surface area contributed by atoms with Crippen LogP contribution in [0.15, 0.2) is 34.3 Å². The van der Waals surface area contributed by atoms with Gasteiger partial charge in [0.1, 0.15) is 5.75 Å². The van der Waals surface area contributed by atoms with Crippen molar-refractivity contribution in [3.63, 3.8) is 0 Å². The van der Waals surface area contributed by atoms with Crippen molar-refractivity contribution in [2.75, 3.05) is 13.2 Å². The van der Waals surface area contributed by atoms with Crippen molar-refractivity contribution in [1.29, 1.82) is 0 Å². The summed E-state index contributed by atoms with van der Waals surface area (Å²) in [5.74, 6) is -0.568. The molecule has 1 aromatic rings. The minimum Gasteiger partial charge on any atom is -0.492 e. The van der Waals surface area contributed by atoms with Crippen molar-refractivity contribution in [3.05, 3.63) is 39.9 Å². The molecule has 4 nitrogen and oxygen atoms in total. The van der Waals surface area contributed by atoms with E-state index in [9.17, 15) is 4.79 Å². The lowest BCUT2D eigenvalue weighted by atomic mass is 9.98. The molecular weight excluding hydrogens is 314 g/mol. The van der Waals surface area contributed by atoms with E-state index in [1.807, 2.05) is 0 Å². The van der Waals surface area contributed by atoms with Crippen molar-refractivity contribution >= 4 is 23.3 Å². The van der Waals surface area contributed by atoms with Gasteiger partial charge in [0.2, 0.25) is 0 Å². The Balaban J connectivity index is 1.93. The monoisotopic (exact) mass is 335 g/mol. The molecule has 1 heterocycles. The molecule has 0 spiro atoms. The van der Waals surface area contributed by atoms with Crippen LogP contribution in [0.5, 0.6) is 5.75 Å². The molecule has 1 aliphatic heterocycles. The van der Waals surface area contributed by atoms with E-state index in [4.69, 9.17) is 21.4 Å². The van der Waals surface area contributed by atoms with Crippen LogP contribution >= 0.6 is 11.6 Å². The Kier molecular flexibility index (Phi) is 6.22. The van der Waals surface area contributed by atoms with Crippen molar-refractivity contribution in [2.24, 2.45) is 4.99 Å². The zero-order valence-electron chi connectivity index (χ0n) is 13.6. The Morgan fingerprint density at radius 3 is 2.91 bits per heavy atom. The number of halogens is 1. The Bertz CT molecular complexity index is 650. The summed E-state index contributed by atoms with van der Waals surface area (Å²) < 4.78 is 5.66. The van der Waals surface area contributed by atoms with Gasteiger partial charge in [0.15, 0.2) is 0 Å². The number of ether oxygens (including phenoxy) is 1. The van der Waals surface area contributed by atoms with E-state index in [1.165, 1.54) is 23.3 Å². The molecule has 0 unspecified atom stereocenters. The fourth-order valence-corrected chi connectivity index (χ4v) is 2.89. The van der Waals surface area contributed by atoms with E-state index in [0.29, 0.717) is 17.4 Å². The maximum Gasteiger partial charge on any atom is 0.335 e. The lowest BCUT2D eigenvalue weighted by Crippen LogP contribution is -2.05. The maximum absolute atomic E-state index is 11.0. The minimum absolute atomic E-state index is 0.176. The van der Waals surface area contributed by atoms with Crippen LogP contribution in [0.1, 0.15) is 49.9 Å². The third-order valence-corrected chi connectivity index (χ3v) is 4.33. The number of carbonyl (C=O) groups is 1. The molecule has 1 aliphatic rings. The van der Waals surface area contributed by atoms with E-state index in [0.717, 1.165) is 37.9 Å². The van der Waals surface area contributed by atoms with Gasteiger partial charge >= 0.3 is 5.97 Å². The van der Waals surface area contributed by atoms with E-state index in [2.05, 4.69) is 18.8 Å². The van der Waals surface area contributed by atoms with Crippen LogP contribution in [0.3, 0.4) is 0 Å². The molecule has 0 radical (unpaired) electrons. The molecule has 0 aromatic heterocycles. The van der Waals surface area contributed by atoms with Crippen molar-refractivity contribution in [1.82, 2.24) is 0 Å². The first kappa shape index (κ1) is 17.5. The lowest BCUT2D eigenvalue weighted by Gasteiger charge is -2.12. The highest BCUT2D eigenvalue weighted by Crippen LogP contribution is 2.26. The van der Waals surface area contributed by atoms with Crippen LogP contribution in [0.2, 0.25) is 5.02 Å². The third-order valence-electron chi connectivity index (χ3n) is 4.02. The van der Waals surface area contributed by atoms with Gasteiger partial charge in [-0.1, -0.05) is 17.2 Å². The Hall–Kier alpha value is -1.81. The predicted octanol–water partition coefficient (Wildman–Crippen LogP) is 4.77. The van der Waals surface area contributed by atoms with Crippen LogP contribution in [-0.2, 0) is 0 Å². The molecule has 1 N–H and O–H groups in total. The van der Waals surface area contributed by atoms with Crippen LogP contribution in [0.4, 0.5) is 0 Å². The largest absolute Gasteiger partial charge is 0.492 e. The highest BCUT2D eigenvalue weighted by molar-refractivity contribution is 6.32. The summed E-state index contributed by atoms with van der Waals surface area (Å²) in [5.41, 5.74) is 4.05. The molecule has 5 heteroatoms. The first-order valence-electron chi connectivity index (χ1n) is 7.84. The van der Waals surface area contributed by atoms with Crippen LogP contribution in [-0.4, -0.2) is 29.9 Å². The number of carboxylic acids is 1. The van der Waals surface area contributed by atoms with Gasteiger partial charge in [-0.25, -0.2) is 4.79 Å². The fourth-order valence-electron chi connectivity index (χ4n) is 2.72. The number of benzene rings is 1. The van der Waals surface area contributed by atoms with E-state index >= 15 is 0 Å². The summed E-state index contributed by atoms with van der Waals surface area (Å²) in [6.45, 7) is 5.64. The van der Waals surface area contributed by atoms with Gasteiger partial charge in [-0.2, -0.15) is 0 Å². The van der Waals surface area contributed by atoms with Gasteiger partial charge in [-0.15, -0.1) is 0 Å². The van der Waals surface area contributed by atoms with Gasteiger partial charge in [0, 0.05) is 12.3 Å². The second kappa shape index (κ2) is 8.16. The number of aromatic carboxylic acids is 1. The number of carboxylic acid groups (broad SMARTS) is 1. The number of rotatable bonds is 6. The van der Waals surface area contributed by atoms with Crippen LogP contribution in [0, 0.1) is 0 Å². The molecule has 0 fully saturated rings. The Labute approximate surface area is 141 Å². The van der Waals surface area contributed by atoms with Crippen molar-refractivity contribution in [3.8, 4) is 5.75 Å². The predicted molar refractivity (Wildman–Crippen MR) is 93.1 cm³/mol. The average Bonchev–Trinajstić information content (AvgIpc) is 2.67. The summed E-state index contributed by atoms with van der Waals surface area (Å²) in [6.07, 6.45) is 3.97. The molecule has 124 valence electrons. The highest BCUT2D eigenvalue weighted by atomic mass is 35.5. The third kappa shape index (κ3) is 4.83. The molecule has 0 amide bonds. The number of nitrogens with zero attached hydrogens (tertiary/aromatic N) is 1. The summed E-state index contributed by atoms with van der Waals surface area (Å²) >= 11 is 6.05. The first-order valence-corrected chi connectivity index (χ1v) is 8.22. The molecule has 0 saturated carbocycles. The number of hydrogen-bond donors (Lipinski definition) is 1. The normalized spacial score (nSPS) is 15.2. The maximum atomic E-state index is 11.0. The topological polar surface area (TPSA) is 58.9 Å². The van der Waals surface area contributed by atoms with Gasteiger partial charge in [0.05, 0.1) is 17.2 Å². The molecule has 1 aromatic carbocycles. The summed E-state index contributed by atoms with van der Waals surface area (Å²) in [7, 11) is 0. The second-order valence-corrected chi connectivity index (χ2v) is 6.14. The minimum atomic E-state index is -0.988. The molecular formula is C18H22ClNO3. The zero-order chi connectivity index (χ0) is 16.8. The van der Waals surface area contributed by atoms with Gasteiger partial charge < -0.3 is 9.84 Å².